The molecule has 1 aliphatic carbocycles. The van der Waals surface area contributed by atoms with Crippen LogP contribution in [0.2, 0.25) is 0 Å². The molecule has 1 saturated carbocycles. The van der Waals surface area contributed by atoms with Crippen LogP contribution in [0.1, 0.15) is 42.9 Å². The molecule has 82 valence electrons. The lowest BCUT2D eigenvalue weighted by Crippen LogP contribution is -2.52. The zero-order chi connectivity index (χ0) is 11.2. The van der Waals surface area contributed by atoms with Crippen molar-refractivity contribution in [1.82, 2.24) is 0 Å². The van der Waals surface area contributed by atoms with Crippen LogP contribution in [0.5, 0.6) is 0 Å². The van der Waals surface area contributed by atoms with Gasteiger partial charge in [-0.3, -0.25) is 0 Å². The lowest BCUT2D eigenvalue weighted by molar-refractivity contribution is 0.0983. The summed E-state index contributed by atoms with van der Waals surface area (Å²) in [5.41, 5.74) is 10.5. The van der Waals surface area contributed by atoms with Crippen LogP contribution < -0.4 is 5.73 Å². The number of benzene rings is 1. The van der Waals surface area contributed by atoms with Crippen LogP contribution in [0.4, 0.5) is 0 Å². The van der Waals surface area contributed by atoms with Crippen LogP contribution in [0, 0.1) is 19.3 Å². The van der Waals surface area contributed by atoms with Gasteiger partial charge in [-0.25, -0.2) is 0 Å². The van der Waals surface area contributed by atoms with Gasteiger partial charge in [0, 0.05) is 6.04 Å². The van der Waals surface area contributed by atoms with Gasteiger partial charge in [-0.05, 0) is 48.3 Å². The first kappa shape index (κ1) is 10.7. The van der Waals surface area contributed by atoms with Crippen LogP contribution in [0.25, 0.3) is 0 Å². The van der Waals surface area contributed by atoms with Gasteiger partial charge in [-0.1, -0.05) is 32.0 Å². The molecule has 0 aromatic heterocycles. The molecule has 0 saturated heterocycles. The van der Waals surface area contributed by atoms with Crippen LogP contribution in [0.3, 0.4) is 0 Å². The molecule has 2 unspecified atom stereocenters. The topological polar surface area (TPSA) is 26.0 Å². The van der Waals surface area contributed by atoms with Crippen LogP contribution in [-0.2, 0) is 0 Å². The van der Waals surface area contributed by atoms with Gasteiger partial charge in [-0.2, -0.15) is 0 Å². The minimum absolute atomic E-state index is 0.266. The molecule has 1 fully saturated rings. The first-order valence-electron chi connectivity index (χ1n) is 5.75. The van der Waals surface area contributed by atoms with E-state index in [1.165, 1.54) is 16.7 Å². The summed E-state index contributed by atoms with van der Waals surface area (Å²) in [6, 6.07) is 7.18. The molecule has 0 aliphatic heterocycles. The third-order valence-corrected chi connectivity index (χ3v) is 4.28. The van der Waals surface area contributed by atoms with Gasteiger partial charge in [0.2, 0.25) is 0 Å². The van der Waals surface area contributed by atoms with Gasteiger partial charge in [0.05, 0.1) is 0 Å². The Morgan fingerprint density at radius 3 is 2.33 bits per heavy atom. The van der Waals surface area contributed by atoms with E-state index in [4.69, 9.17) is 5.73 Å². The Labute approximate surface area is 92.7 Å². The lowest BCUT2D eigenvalue weighted by Gasteiger charge is -2.51. The van der Waals surface area contributed by atoms with E-state index in [1.807, 2.05) is 0 Å². The van der Waals surface area contributed by atoms with Crippen LogP contribution in [-0.4, -0.2) is 6.04 Å². The van der Waals surface area contributed by atoms with Gasteiger partial charge in [0.25, 0.3) is 0 Å². The summed E-state index contributed by atoms with van der Waals surface area (Å²) < 4.78 is 0. The van der Waals surface area contributed by atoms with Crippen molar-refractivity contribution in [2.75, 3.05) is 0 Å². The Bertz CT molecular complexity index is 379. The fourth-order valence-electron chi connectivity index (χ4n) is 2.51. The van der Waals surface area contributed by atoms with Crippen molar-refractivity contribution in [2.45, 2.75) is 46.1 Å². The minimum Gasteiger partial charge on any atom is -0.327 e. The highest BCUT2D eigenvalue weighted by atomic mass is 14.8. The molecular formula is C14H21N. The predicted molar refractivity (Wildman–Crippen MR) is 65.0 cm³/mol. The first-order chi connectivity index (χ1) is 6.93. The highest BCUT2D eigenvalue weighted by Crippen LogP contribution is 2.51. The quantitative estimate of drug-likeness (QED) is 0.745. The van der Waals surface area contributed by atoms with Gasteiger partial charge in [-0.15, -0.1) is 0 Å². The molecule has 2 atom stereocenters. The monoisotopic (exact) mass is 203 g/mol. The molecule has 0 radical (unpaired) electrons. The van der Waals surface area contributed by atoms with Crippen molar-refractivity contribution in [2.24, 2.45) is 11.1 Å². The molecule has 15 heavy (non-hydrogen) atoms. The molecule has 1 nitrogen and oxygen atoms in total. The summed E-state index contributed by atoms with van der Waals surface area (Å²) in [6.45, 7) is 8.91. The standard InChI is InChI=1S/C14H21N/c1-9-5-6-11(7-10(9)2)12-8-13(15)14(12,3)4/h5-7,12-13H,8,15H2,1-4H3. The molecule has 1 aromatic carbocycles. The third kappa shape index (κ3) is 1.59. The zero-order valence-electron chi connectivity index (χ0n) is 10.2. The number of nitrogens with two attached hydrogens (primary N) is 1. The zero-order valence-corrected chi connectivity index (χ0v) is 10.2. The third-order valence-electron chi connectivity index (χ3n) is 4.28. The largest absolute Gasteiger partial charge is 0.327 e. The average molecular weight is 203 g/mol. The second-order valence-electron chi connectivity index (χ2n) is 5.56. The predicted octanol–water partition coefficient (Wildman–Crippen LogP) is 3.14. The Kier molecular flexibility index (Phi) is 2.38. The Morgan fingerprint density at radius 2 is 1.87 bits per heavy atom. The second-order valence-corrected chi connectivity index (χ2v) is 5.56. The molecule has 0 bridgehead atoms. The number of hydrogen-bond donors (Lipinski definition) is 1. The van der Waals surface area contributed by atoms with Crippen molar-refractivity contribution < 1.29 is 0 Å². The summed E-state index contributed by atoms with van der Waals surface area (Å²) in [6.07, 6.45) is 1.13. The maximum absolute atomic E-state index is 6.05. The molecule has 1 heteroatoms. The molecule has 2 rings (SSSR count). The van der Waals surface area contributed by atoms with E-state index in [1.54, 1.807) is 0 Å². The van der Waals surface area contributed by atoms with E-state index in [9.17, 15) is 0 Å². The first-order valence-corrected chi connectivity index (χ1v) is 5.75. The minimum atomic E-state index is 0.266. The van der Waals surface area contributed by atoms with Crippen molar-refractivity contribution in [1.29, 1.82) is 0 Å². The van der Waals surface area contributed by atoms with Gasteiger partial charge < -0.3 is 5.73 Å². The summed E-state index contributed by atoms with van der Waals surface area (Å²) in [4.78, 5) is 0. The van der Waals surface area contributed by atoms with Crippen LogP contribution >= 0.6 is 0 Å². The van der Waals surface area contributed by atoms with Gasteiger partial charge in [0.1, 0.15) is 0 Å². The maximum atomic E-state index is 6.05. The maximum Gasteiger partial charge on any atom is 0.0102 e. The number of hydrogen-bond acceptors (Lipinski definition) is 1. The number of rotatable bonds is 1. The Morgan fingerprint density at radius 1 is 1.20 bits per heavy atom. The van der Waals surface area contributed by atoms with Crippen molar-refractivity contribution in [3.63, 3.8) is 0 Å². The van der Waals surface area contributed by atoms with E-state index in [-0.39, 0.29) is 5.41 Å². The molecule has 0 amide bonds. The van der Waals surface area contributed by atoms with Crippen molar-refractivity contribution in [3.05, 3.63) is 34.9 Å². The van der Waals surface area contributed by atoms with Crippen LogP contribution in [0.15, 0.2) is 18.2 Å². The van der Waals surface area contributed by atoms with Crippen molar-refractivity contribution >= 4 is 0 Å². The second kappa shape index (κ2) is 3.34. The smallest absolute Gasteiger partial charge is 0.0102 e. The Hall–Kier alpha value is -0.820. The Balaban J connectivity index is 2.29. The lowest BCUT2D eigenvalue weighted by atomic mass is 9.56. The van der Waals surface area contributed by atoms with E-state index in [0.29, 0.717) is 12.0 Å². The molecular weight excluding hydrogens is 182 g/mol. The summed E-state index contributed by atoms with van der Waals surface area (Å²) >= 11 is 0. The fourth-order valence-corrected chi connectivity index (χ4v) is 2.51. The summed E-state index contributed by atoms with van der Waals surface area (Å²) in [5, 5.41) is 0. The fraction of sp³-hybridized carbons (Fsp3) is 0.571. The van der Waals surface area contributed by atoms with Gasteiger partial charge in [0.15, 0.2) is 0 Å². The average Bonchev–Trinajstić information content (AvgIpc) is 2.19. The highest BCUT2D eigenvalue weighted by molar-refractivity contribution is 5.35. The summed E-state index contributed by atoms with van der Waals surface area (Å²) in [5.74, 6) is 0.645. The van der Waals surface area contributed by atoms with Crippen molar-refractivity contribution in [3.8, 4) is 0 Å². The number of aryl methyl sites for hydroxylation is 2. The SMILES string of the molecule is Cc1ccc(C2CC(N)C2(C)C)cc1C. The molecule has 2 N–H and O–H groups in total. The normalized spacial score (nSPS) is 28.6. The summed E-state index contributed by atoms with van der Waals surface area (Å²) in [7, 11) is 0. The highest BCUT2D eigenvalue weighted by Gasteiger charge is 2.46. The van der Waals surface area contributed by atoms with E-state index in [2.05, 4.69) is 45.9 Å². The van der Waals surface area contributed by atoms with Gasteiger partial charge >= 0.3 is 0 Å². The molecule has 0 heterocycles. The van der Waals surface area contributed by atoms with E-state index >= 15 is 0 Å². The van der Waals surface area contributed by atoms with E-state index in [0.717, 1.165) is 6.42 Å². The molecule has 0 spiro atoms. The van der Waals surface area contributed by atoms with E-state index < -0.39 is 0 Å². The molecule has 1 aromatic rings. The molecule has 1 aliphatic rings.